The molecular formula is C15H19BrN2S. The third-order valence-corrected chi connectivity index (χ3v) is 4.46. The third kappa shape index (κ3) is 3.65. The summed E-state index contributed by atoms with van der Waals surface area (Å²) in [7, 11) is 0. The Hall–Kier alpha value is -0.710. The molecule has 0 aromatic carbocycles. The van der Waals surface area contributed by atoms with Crippen LogP contribution >= 0.6 is 27.3 Å². The molecule has 2 nitrogen and oxygen atoms in total. The van der Waals surface area contributed by atoms with Crippen molar-refractivity contribution in [3.8, 4) is 0 Å². The van der Waals surface area contributed by atoms with Crippen LogP contribution in [0.15, 0.2) is 29.0 Å². The van der Waals surface area contributed by atoms with Crippen molar-refractivity contribution in [2.24, 2.45) is 0 Å². The zero-order valence-corrected chi connectivity index (χ0v) is 13.9. The largest absolute Gasteiger partial charge is 0.306 e. The number of aromatic nitrogens is 1. The van der Waals surface area contributed by atoms with Crippen molar-refractivity contribution in [1.29, 1.82) is 0 Å². The highest BCUT2D eigenvalue weighted by molar-refractivity contribution is 9.10. The second-order valence-electron chi connectivity index (χ2n) is 4.69. The predicted octanol–water partition coefficient (Wildman–Crippen LogP) is 4.61. The Morgan fingerprint density at radius 2 is 2.11 bits per heavy atom. The van der Waals surface area contributed by atoms with Gasteiger partial charge in [-0.15, -0.1) is 11.3 Å². The van der Waals surface area contributed by atoms with Gasteiger partial charge in [0, 0.05) is 26.6 Å². The lowest BCUT2D eigenvalue weighted by atomic mass is 10.0. The Kier molecular flexibility index (Phi) is 5.13. The van der Waals surface area contributed by atoms with Gasteiger partial charge in [-0.3, -0.25) is 4.98 Å². The number of hydrogen-bond acceptors (Lipinski definition) is 3. The van der Waals surface area contributed by atoms with E-state index in [0.29, 0.717) is 0 Å². The summed E-state index contributed by atoms with van der Waals surface area (Å²) in [6.07, 6.45) is 4.90. The third-order valence-electron chi connectivity index (χ3n) is 3.05. The Bertz CT molecular complexity index is 551. The molecule has 0 saturated carbocycles. The van der Waals surface area contributed by atoms with Crippen LogP contribution in [-0.4, -0.2) is 11.5 Å². The molecule has 0 bridgehead atoms. The fraction of sp³-hybridized carbons (Fsp3) is 0.400. The Morgan fingerprint density at radius 1 is 1.32 bits per heavy atom. The molecule has 0 aliphatic rings. The molecule has 0 fully saturated rings. The van der Waals surface area contributed by atoms with Crippen LogP contribution in [0.4, 0.5) is 0 Å². The van der Waals surface area contributed by atoms with E-state index in [1.54, 1.807) is 0 Å². The summed E-state index contributed by atoms with van der Waals surface area (Å²) in [6, 6.07) is 4.66. The molecule has 19 heavy (non-hydrogen) atoms. The first-order valence-corrected chi connectivity index (χ1v) is 8.13. The summed E-state index contributed by atoms with van der Waals surface area (Å²) < 4.78 is 1.03. The van der Waals surface area contributed by atoms with E-state index in [1.807, 2.05) is 23.7 Å². The number of thiophene rings is 1. The highest BCUT2D eigenvalue weighted by Crippen LogP contribution is 2.31. The highest BCUT2D eigenvalue weighted by atomic mass is 79.9. The summed E-state index contributed by atoms with van der Waals surface area (Å²) in [5.41, 5.74) is 2.58. The molecule has 0 spiro atoms. The number of rotatable bonds is 5. The molecule has 0 radical (unpaired) electrons. The lowest BCUT2D eigenvalue weighted by Gasteiger charge is -2.19. The van der Waals surface area contributed by atoms with Crippen molar-refractivity contribution in [3.05, 3.63) is 49.9 Å². The van der Waals surface area contributed by atoms with Crippen molar-refractivity contribution in [1.82, 2.24) is 10.3 Å². The Labute approximate surface area is 127 Å². The molecule has 2 rings (SSSR count). The van der Waals surface area contributed by atoms with Crippen LogP contribution in [0.25, 0.3) is 0 Å². The van der Waals surface area contributed by atoms with Crippen LogP contribution in [-0.2, 0) is 0 Å². The van der Waals surface area contributed by atoms with Gasteiger partial charge >= 0.3 is 0 Å². The molecule has 2 heterocycles. The molecule has 1 N–H and O–H groups in total. The summed E-state index contributed by atoms with van der Waals surface area (Å²) in [4.78, 5) is 7.03. The average molecular weight is 339 g/mol. The minimum atomic E-state index is 0.231. The van der Waals surface area contributed by atoms with Crippen LogP contribution < -0.4 is 5.32 Å². The van der Waals surface area contributed by atoms with Crippen molar-refractivity contribution in [2.75, 3.05) is 6.54 Å². The van der Waals surface area contributed by atoms with E-state index >= 15 is 0 Å². The van der Waals surface area contributed by atoms with Crippen LogP contribution in [0.5, 0.6) is 0 Å². The number of hydrogen-bond donors (Lipinski definition) is 1. The highest BCUT2D eigenvalue weighted by Gasteiger charge is 2.17. The van der Waals surface area contributed by atoms with Gasteiger partial charge in [-0.1, -0.05) is 6.92 Å². The fourth-order valence-electron chi connectivity index (χ4n) is 2.22. The maximum Gasteiger partial charge on any atom is 0.0603 e. The maximum absolute atomic E-state index is 4.29. The van der Waals surface area contributed by atoms with Gasteiger partial charge < -0.3 is 5.32 Å². The molecule has 1 atom stereocenters. The quantitative estimate of drug-likeness (QED) is 0.860. The number of halogens is 1. The molecule has 102 valence electrons. The lowest BCUT2D eigenvalue weighted by molar-refractivity contribution is 0.596. The van der Waals surface area contributed by atoms with E-state index in [4.69, 9.17) is 0 Å². The van der Waals surface area contributed by atoms with Crippen molar-refractivity contribution in [2.45, 2.75) is 33.2 Å². The molecule has 2 aromatic heterocycles. The van der Waals surface area contributed by atoms with E-state index < -0.39 is 0 Å². The first-order valence-electron chi connectivity index (χ1n) is 6.52. The van der Waals surface area contributed by atoms with E-state index in [-0.39, 0.29) is 6.04 Å². The van der Waals surface area contributed by atoms with Crippen molar-refractivity contribution < 1.29 is 0 Å². The number of nitrogens with one attached hydrogen (secondary N) is 1. The minimum Gasteiger partial charge on any atom is -0.306 e. The average Bonchev–Trinajstić information content (AvgIpc) is 2.69. The van der Waals surface area contributed by atoms with Gasteiger partial charge in [-0.25, -0.2) is 0 Å². The van der Waals surface area contributed by atoms with Crippen molar-refractivity contribution in [3.63, 3.8) is 0 Å². The molecule has 4 heteroatoms. The van der Waals surface area contributed by atoms with E-state index in [9.17, 15) is 0 Å². The number of aryl methyl sites for hydroxylation is 2. The Morgan fingerprint density at radius 3 is 2.68 bits per heavy atom. The van der Waals surface area contributed by atoms with E-state index in [1.165, 1.54) is 20.9 Å². The van der Waals surface area contributed by atoms with Gasteiger partial charge in [0.15, 0.2) is 0 Å². The van der Waals surface area contributed by atoms with Crippen LogP contribution in [0.3, 0.4) is 0 Å². The first kappa shape index (κ1) is 14.7. The fourth-order valence-corrected chi connectivity index (χ4v) is 3.57. The van der Waals surface area contributed by atoms with Gasteiger partial charge in [-0.2, -0.15) is 0 Å². The van der Waals surface area contributed by atoms with Gasteiger partial charge in [0.2, 0.25) is 0 Å². The normalized spacial score (nSPS) is 12.6. The number of pyridine rings is 1. The summed E-state index contributed by atoms with van der Waals surface area (Å²) >= 11 is 5.36. The monoisotopic (exact) mass is 338 g/mol. The van der Waals surface area contributed by atoms with Gasteiger partial charge in [-0.05, 0) is 66.0 Å². The second kappa shape index (κ2) is 6.64. The van der Waals surface area contributed by atoms with Gasteiger partial charge in [0.1, 0.15) is 0 Å². The zero-order chi connectivity index (χ0) is 13.8. The smallest absolute Gasteiger partial charge is 0.0603 e. The van der Waals surface area contributed by atoms with Crippen LogP contribution in [0, 0.1) is 13.8 Å². The molecule has 0 amide bonds. The molecule has 0 aliphatic heterocycles. The summed E-state index contributed by atoms with van der Waals surface area (Å²) in [5, 5.41) is 3.63. The zero-order valence-electron chi connectivity index (χ0n) is 11.5. The van der Waals surface area contributed by atoms with Crippen LogP contribution in [0.1, 0.15) is 40.3 Å². The van der Waals surface area contributed by atoms with Gasteiger partial charge in [0.25, 0.3) is 0 Å². The SMILES string of the molecule is CCCNC(c1cncc(Br)c1)c1cc(C)sc1C. The number of nitrogens with zero attached hydrogens (tertiary/aromatic N) is 1. The van der Waals surface area contributed by atoms with E-state index in [0.717, 1.165) is 17.4 Å². The molecule has 0 aliphatic carbocycles. The predicted molar refractivity (Wildman–Crippen MR) is 85.9 cm³/mol. The molecular weight excluding hydrogens is 320 g/mol. The molecule has 1 unspecified atom stereocenters. The molecule has 2 aromatic rings. The maximum atomic E-state index is 4.29. The Balaban J connectivity index is 2.38. The summed E-state index contributed by atoms with van der Waals surface area (Å²) in [6.45, 7) is 7.55. The topological polar surface area (TPSA) is 24.9 Å². The van der Waals surface area contributed by atoms with Crippen molar-refractivity contribution >= 4 is 27.3 Å². The molecule has 0 saturated heterocycles. The lowest BCUT2D eigenvalue weighted by Crippen LogP contribution is -2.23. The summed E-state index contributed by atoms with van der Waals surface area (Å²) in [5.74, 6) is 0. The minimum absolute atomic E-state index is 0.231. The van der Waals surface area contributed by atoms with Gasteiger partial charge in [0.05, 0.1) is 6.04 Å². The second-order valence-corrected chi connectivity index (χ2v) is 7.07. The first-order chi connectivity index (χ1) is 9.11. The van der Waals surface area contributed by atoms with E-state index in [2.05, 4.69) is 59.1 Å². The van der Waals surface area contributed by atoms with Crippen LogP contribution in [0.2, 0.25) is 0 Å². The standard InChI is InChI=1S/C15H19BrN2S/c1-4-5-18-15(12-7-13(16)9-17-8-12)14-6-10(2)19-11(14)3/h6-9,15,18H,4-5H2,1-3H3.